The van der Waals surface area contributed by atoms with E-state index in [1.165, 1.54) is 11.8 Å². The molecule has 0 saturated carbocycles. The predicted molar refractivity (Wildman–Crippen MR) is 137 cm³/mol. The fourth-order valence-corrected chi connectivity index (χ4v) is 5.54. The Kier molecular flexibility index (Phi) is 6.94. The topological polar surface area (TPSA) is 89.3 Å². The lowest BCUT2D eigenvalue weighted by molar-refractivity contribution is -0.121. The molecule has 172 valence electrons. The minimum absolute atomic E-state index is 0.0155. The summed E-state index contributed by atoms with van der Waals surface area (Å²) in [5.41, 5.74) is 3.62. The molecule has 4 rings (SSSR count). The van der Waals surface area contributed by atoms with Crippen LogP contribution in [0.4, 0.5) is 11.4 Å². The average molecular weight is 577 g/mol. The number of thioether (sulfide) groups is 1. The zero-order valence-corrected chi connectivity index (χ0v) is 21.7. The van der Waals surface area contributed by atoms with Gasteiger partial charge in [-0.25, -0.2) is 0 Å². The van der Waals surface area contributed by atoms with Crippen LogP contribution < -0.4 is 15.0 Å². The third-order valence-corrected chi connectivity index (χ3v) is 7.11. The number of amides is 2. The molecule has 1 unspecified atom stereocenters. The Labute approximate surface area is 210 Å². The van der Waals surface area contributed by atoms with E-state index >= 15 is 0 Å². The van der Waals surface area contributed by atoms with Crippen LogP contribution in [-0.4, -0.2) is 38.9 Å². The van der Waals surface area contributed by atoms with E-state index in [1.807, 2.05) is 68.8 Å². The quantitative estimate of drug-likeness (QED) is 0.348. The molecule has 1 aromatic heterocycles. The third-order valence-electron chi connectivity index (χ3n) is 5.47. The summed E-state index contributed by atoms with van der Waals surface area (Å²) in [7, 11) is 1.84. The van der Waals surface area contributed by atoms with Gasteiger partial charge in [0.25, 0.3) is 5.91 Å². The number of para-hydroxylation sites is 2. The van der Waals surface area contributed by atoms with Crippen LogP contribution in [0.5, 0.6) is 5.75 Å². The van der Waals surface area contributed by atoms with Crippen molar-refractivity contribution in [1.82, 2.24) is 14.8 Å². The third kappa shape index (κ3) is 4.86. The summed E-state index contributed by atoms with van der Waals surface area (Å²) in [4.78, 5) is 26.9. The van der Waals surface area contributed by atoms with Crippen LogP contribution in [0.2, 0.25) is 0 Å². The van der Waals surface area contributed by atoms with Crippen molar-refractivity contribution in [2.24, 2.45) is 7.05 Å². The number of rotatable bonds is 6. The number of carbonyl (C=O) groups excluding carboxylic acids is 2. The van der Waals surface area contributed by atoms with Crippen LogP contribution >= 0.6 is 34.4 Å². The molecular weight excluding hydrogens is 553 g/mol. The molecule has 2 amide bonds. The summed E-state index contributed by atoms with van der Waals surface area (Å²) in [6.45, 7) is 5.87. The maximum absolute atomic E-state index is 12.6. The van der Waals surface area contributed by atoms with Crippen molar-refractivity contribution in [3.8, 4) is 5.75 Å². The van der Waals surface area contributed by atoms with Gasteiger partial charge in [0.15, 0.2) is 17.6 Å². The zero-order chi connectivity index (χ0) is 23.7. The van der Waals surface area contributed by atoms with E-state index in [4.69, 9.17) is 4.74 Å². The lowest BCUT2D eigenvalue weighted by atomic mass is 10.1. The summed E-state index contributed by atoms with van der Waals surface area (Å²) >= 11 is 3.58. The number of halogens is 1. The molecule has 0 bridgehead atoms. The van der Waals surface area contributed by atoms with Crippen molar-refractivity contribution in [3.63, 3.8) is 0 Å². The first-order chi connectivity index (χ1) is 15.8. The van der Waals surface area contributed by atoms with E-state index in [1.54, 1.807) is 4.90 Å². The fraction of sp³-hybridized carbons (Fsp3) is 0.304. The maximum Gasteiger partial charge on any atom is 0.265 e. The van der Waals surface area contributed by atoms with Gasteiger partial charge in [0.1, 0.15) is 5.75 Å². The van der Waals surface area contributed by atoms with Crippen LogP contribution in [-0.2, 0) is 16.6 Å². The van der Waals surface area contributed by atoms with E-state index in [2.05, 4.69) is 38.1 Å². The van der Waals surface area contributed by atoms with Gasteiger partial charge in [-0.15, -0.1) is 10.2 Å². The smallest absolute Gasteiger partial charge is 0.265 e. The van der Waals surface area contributed by atoms with Crippen LogP contribution in [0.1, 0.15) is 29.9 Å². The molecule has 3 aromatic rings. The highest BCUT2D eigenvalue weighted by atomic mass is 127. The molecule has 0 aliphatic carbocycles. The lowest BCUT2D eigenvalue weighted by Crippen LogP contribution is -2.41. The van der Waals surface area contributed by atoms with Crippen molar-refractivity contribution >= 4 is 57.5 Å². The van der Waals surface area contributed by atoms with Crippen molar-refractivity contribution in [1.29, 1.82) is 0 Å². The molecular formula is C23H24IN5O3S. The lowest BCUT2D eigenvalue weighted by Gasteiger charge is -2.33. The molecule has 2 heterocycles. The molecule has 33 heavy (non-hydrogen) atoms. The number of anilines is 2. The number of nitrogens with one attached hydrogen (secondary N) is 1. The monoisotopic (exact) mass is 577 g/mol. The van der Waals surface area contributed by atoms with Gasteiger partial charge >= 0.3 is 0 Å². The molecule has 1 aliphatic rings. The minimum atomic E-state index is -0.347. The standard InChI is InChI=1S/C23H24IN5O3S/c1-13-9-16(24)10-14(2)21(13)25-19(30)12-33-23-27-26-22(28(23)4)15(3)29-17-7-5-6-8-18(17)32-11-20(29)31/h5-10,15H,11-12H2,1-4H3,(H,25,30). The Hall–Kier alpha value is -2.60. The summed E-state index contributed by atoms with van der Waals surface area (Å²) < 4.78 is 8.51. The number of carbonyl (C=O) groups is 2. The largest absolute Gasteiger partial charge is 0.482 e. The second-order valence-corrected chi connectivity index (χ2v) is 10.0. The van der Waals surface area contributed by atoms with Crippen molar-refractivity contribution < 1.29 is 14.3 Å². The number of benzene rings is 2. The van der Waals surface area contributed by atoms with Gasteiger partial charge < -0.3 is 14.6 Å². The van der Waals surface area contributed by atoms with Crippen molar-refractivity contribution in [2.75, 3.05) is 22.6 Å². The first-order valence-corrected chi connectivity index (χ1v) is 12.4. The Balaban J connectivity index is 1.46. The second kappa shape index (κ2) is 9.72. The average Bonchev–Trinajstić information content (AvgIpc) is 3.14. The molecule has 0 spiro atoms. The summed E-state index contributed by atoms with van der Waals surface area (Å²) in [5, 5.41) is 12.2. The van der Waals surface area contributed by atoms with E-state index in [0.29, 0.717) is 22.4 Å². The highest BCUT2D eigenvalue weighted by Gasteiger charge is 2.32. The second-order valence-electron chi connectivity index (χ2n) is 7.85. The highest BCUT2D eigenvalue weighted by molar-refractivity contribution is 14.1. The predicted octanol–water partition coefficient (Wildman–Crippen LogP) is 4.25. The fourth-order valence-electron chi connectivity index (χ4n) is 3.89. The number of aromatic nitrogens is 3. The van der Waals surface area contributed by atoms with Crippen LogP contribution in [0, 0.1) is 17.4 Å². The summed E-state index contributed by atoms with van der Waals surface area (Å²) in [5.74, 6) is 1.25. The SMILES string of the molecule is Cc1cc(I)cc(C)c1NC(=O)CSc1nnc(C(C)N2C(=O)COc3ccccc32)n1C. The van der Waals surface area contributed by atoms with Crippen molar-refractivity contribution in [3.05, 3.63) is 56.9 Å². The Morgan fingerprint density at radius 1 is 1.24 bits per heavy atom. The zero-order valence-electron chi connectivity index (χ0n) is 18.8. The number of nitrogens with zero attached hydrogens (tertiary/aromatic N) is 4. The number of aryl methyl sites for hydroxylation is 2. The Bertz CT molecular complexity index is 1210. The Morgan fingerprint density at radius 3 is 2.67 bits per heavy atom. The van der Waals surface area contributed by atoms with Crippen LogP contribution in [0.25, 0.3) is 0 Å². The minimum Gasteiger partial charge on any atom is -0.482 e. The molecule has 0 saturated heterocycles. The maximum atomic E-state index is 12.6. The first kappa shape index (κ1) is 23.6. The molecule has 0 fully saturated rings. The van der Waals surface area contributed by atoms with Crippen LogP contribution in [0.3, 0.4) is 0 Å². The summed E-state index contributed by atoms with van der Waals surface area (Å²) in [6.07, 6.45) is 0. The van der Waals surface area contributed by atoms with Gasteiger partial charge in [-0.2, -0.15) is 0 Å². The molecule has 10 heteroatoms. The van der Waals surface area contributed by atoms with Gasteiger partial charge in [0.2, 0.25) is 5.91 Å². The van der Waals surface area contributed by atoms with E-state index < -0.39 is 0 Å². The van der Waals surface area contributed by atoms with Gasteiger partial charge in [-0.3, -0.25) is 14.5 Å². The number of hydrogen-bond acceptors (Lipinski definition) is 6. The Morgan fingerprint density at radius 2 is 1.94 bits per heavy atom. The number of ether oxygens (including phenoxy) is 1. The first-order valence-electron chi connectivity index (χ1n) is 10.4. The van der Waals surface area contributed by atoms with Crippen LogP contribution in [0.15, 0.2) is 41.6 Å². The number of fused-ring (bicyclic) bond motifs is 1. The normalized spacial score (nSPS) is 14.0. The molecule has 1 atom stereocenters. The molecule has 1 N–H and O–H groups in total. The molecule has 8 nitrogen and oxygen atoms in total. The van der Waals surface area contributed by atoms with E-state index in [-0.39, 0.29) is 30.2 Å². The van der Waals surface area contributed by atoms with Gasteiger partial charge in [-0.05, 0) is 78.8 Å². The van der Waals surface area contributed by atoms with Crippen molar-refractivity contribution in [2.45, 2.75) is 32.0 Å². The van der Waals surface area contributed by atoms with Gasteiger partial charge in [-0.1, -0.05) is 23.9 Å². The van der Waals surface area contributed by atoms with E-state index in [0.717, 1.165) is 20.4 Å². The molecule has 1 aliphatic heterocycles. The van der Waals surface area contributed by atoms with Gasteiger partial charge in [0, 0.05) is 16.3 Å². The molecule has 2 aromatic carbocycles. The molecule has 0 radical (unpaired) electrons. The summed E-state index contributed by atoms with van der Waals surface area (Å²) in [6, 6.07) is 11.2. The van der Waals surface area contributed by atoms with E-state index in [9.17, 15) is 9.59 Å². The highest BCUT2D eigenvalue weighted by Crippen LogP contribution is 2.37. The van der Waals surface area contributed by atoms with Gasteiger partial charge in [0.05, 0.1) is 17.5 Å². The number of hydrogen-bond donors (Lipinski definition) is 1.